The molecule has 145 heavy (non-hydrogen) atoms. The number of rotatable bonds is 32. The summed E-state index contributed by atoms with van der Waals surface area (Å²) in [5, 5.41) is 23.7. The SMILES string of the molecule is CC(Br)C(=O)c1cccc(OCc2ccccc2)c1.Cc1c(-c2cccc(O)c2)n(Cc2ccc(OCCN3CCCCC3)cc2)c2ccc(O)cc12.Cc1ccc2[nH]c(-c3cccc(OCc4ccccc4)c3)c(C)c2c1.Cc1ccc2c(c1)c(C)c(-c1cccc(OCc3ccccc3)c1)n2Cc1ccc(OCCCl)cc1.ClCCOc1ccc(CCl)cc1.[2H]CF.[Cl-].[H-].[NH3+]c1ccc(OCc2ccccc2)cc1.[Na+]. The Morgan fingerprint density at radius 1 is 0.414 bits per heavy atom. The van der Waals surface area contributed by atoms with Gasteiger partial charge in [0.25, 0.3) is 0 Å². The van der Waals surface area contributed by atoms with Crippen molar-refractivity contribution in [2.24, 2.45) is 0 Å². The Morgan fingerprint density at radius 3 is 1.27 bits per heavy atom. The van der Waals surface area contributed by atoms with Crippen LogP contribution < -0.4 is 80.9 Å². The molecule has 0 aliphatic carbocycles. The Labute approximate surface area is 906 Å². The average Bonchev–Trinajstić information content (AvgIpc) is 1.61. The molecule has 18 aromatic rings. The van der Waals surface area contributed by atoms with Gasteiger partial charge in [-0.2, -0.15) is 0 Å². The molecule has 4 heterocycles. The number of hydrogen-bond acceptors (Lipinski definition) is 11. The molecule has 1 atom stereocenters. The van der Waals surface area contributed by atoms with E-state index >= 15 is 0 Å². The number of likely N-dealkylation sites (tertiary alicyclic amines) is 1. The summed E-state index contributed by atoms with van der Waals surface area (Å²) in [6.07, 6.45) is 3.95. The van der Waals surface area contributed by atoms with Crippen molar-refractivity contribution in [1.82, 2.24) is 19.0 Å². The number of fused-ring (bicyclic) bond motifs is 3. The summed E-state index contributed by atoms with van der Waals surface area (Å²) in [5.74, 6) is 7.99. The average molecular weight is 2100 g/mol. The number of ether oxygens (including phenoxy) is 7. The van der Waals surface area contributed by atoms with Crippen molar-refractivity contribution in [2.45, 2.75) is 111 Å². The van der Waals surface area contributed by atoms with Gasteiger partial charge >= 0.3 is 29.6 Å². The molecule has 15 aromatic carbocycles. The van der Waals surface area contributed by atoms with Gasteiger partial charge in [0.1, 0.15) is 104 Å². The summed E-state index contributed by atoms with van der Waals surface area (Å²) in [4.78, 5) is 17.7. The van der Waals surface area contributed by atoms with E-state index in [-0.39, 0.29) is 65.5 Å². The molecule has 1 saturated heterocycles. The van der Waals surface area contributed by atoms with Gasteiger partial charge in [0, 0.05) is 98.3 Å². The molecule has 0 spiro atoms. The normalized spacial score (nSPS) is 11.6. The van der Waals surface area contributed by atoms with Crippen LogP contribution in [0.4, 0.5) is 10.1 Å². The number of halogens is 6. The Bertz CT molecular complexity index is 7020. The van der Waals surface area contributed by atoms with Crippen LogP contribution in [0, 0.1) is 34.6 Å². The van der Waals surface area contributed by atoms with Gasteiger partial charge in [-0.05, 0) is 263 Å². The third-order valence-corrected chi connectivity index (χ3v) is 25.2. The second-order valence-electron chi connectivity index (χ2n) is 34.8. The van der Waals surface area contributed by atoms with E-state index < -0.39 is 7.15 Å². The number of hydrogen-bond donors (Lipinski definition) is 4. The van der Waals surface area contributed by atoms with Crippen LogP contribution in [0.2, 0.25) is 0 Å². The number of nitrogens with one attached hydrogen (secondary N) is 1. The molecule has 19 rings (SSSR count). The molecule has 15 nitrogen and oxygen atoms in total. The molecule has 1 aliphatic rings. The van der Waals surface area contributed by atoms with E-state index in [1.54, 1.807) is 30.3 Å². The quantitative estimate of drug-likeness (QED) is 0.0179. The zero-order chi connectivity index (χ0) is 101. The van der Waals surface area contributed by atoms with Crippen LogP contribution in [-0.2, 0) is 45.4 Å². The van der Waals surface area contributed by atoms with Crippen molar-refractivity contribution in [1.29, 1.82) is 0 Å². The van der Waals surface area contributed by atoms with Gasteiger partial charge in [0.15, 0.2) is 5.78 Å². The molecule has 1 fully saturated rings. The standard InChI is InChI=1S/C32H30ClNO2.C29H32N2O3.C23H21NO.C16H15BrO2.C13H13NO.C9H10Cl2O.CH3F.ClH.Na.H/c1-23-11-16-31-30(19-23)24(2)32(34(31)21-25-12-14-28(15-13-25)35-18-17-33)27-9-6-10-29(20-27)36-22-26-7-4-3-5-8-26;1-21-27-19-25(33)10-13-28(27)31(29(21)23-6-5-7-24(32)18-23)20-22-8-11-26(12-9-22)34-17-16-30-14-3-2-4-15-30;1-16-11-12-22-21(13-16)17(2)23(24-22)19-9-6-10-20(14-19)25-15-18-7-4-3-5-8-18;1-12(17)16(18)14-8-5-9-15(10-14)19-11-13-6-3-2-4-7-13;14-12-6-8-13(9-7-12)15-10-11-4-2-1-3-5-11;10-5-6-12-9-3-1-8(7-11)2-4-9;1-2;;;/h3-16,19-20H,17-18,21-22H2,1-2H3;5-13,18-19,32-33H,2-4,14-17,20H2,1H3;3-14,24H,15H2,1-2H3;2-10,12H,11H2,1H3;1-9H,10,14H2;1-4H,5-7H2;1H3;1H;;/q;;;;;;;;+1;-1/i;;;;;;1D;;;. The van der Waals surface area contributed by atoms with Gasteiger partial charge in [0.2, 0.25) is 0 Å². The zero-order valence-corrected chi connectivity index (χ0v) is 89.8. The van der Waals surface area contributed by atoms with Crippen LogP contribution in [0.1, 0.15) is 106 Å². The number of benzene rings is 15. The first-order valence-electron chi connectivity index (χ1n) is 48.7. The van der Waals surface area contributed by atoms with E-state index in [1.807, 2.05) is 219 Å². The fourth-order valence-corrected chi connectivity index (χ4v) is 17.4. The number of phenols is 2. The van der Waals surface area contributed by atoms with E-state index in [9.17, 15) is 19.4 Å². The topological polar surface area (TPSA) is 179 Å². The first kappa shape index (κ1) is 111. The van der Waals surface area contributed by atoms with E-state index in [4.69, 9.17) is 69.3 Å². The Hall–Kier alpha value is -12.7. The smallest absolute Gasteiger partial charge is 1.00 e. The number of phenolic OH excluding ortho intramolecular Hbond substituents is 2. The molecular weight excluding hydrogens is 1970 g/mol. The van der Waals surface area contributed by atoms with Crippen LogP contribution in [0.25, 0.3) is 66.5 Å². The molecule has 1 aliphatic heterocycles. The van der Waals surface area contributed by atoms with Gasteiger partial charge in [-0.15, -0.1) is 34.8 Å². The Balaban J connectivity index is 0.000000185. The molecular formula is C123H126BrCl4FN5NaO10. The van der Waals surface area contributed by atoms with Crippen molar-refractivity contribution < 1.29 is 103 Å². The minimum absolute atomic E-state index is 0. The molecule has 6 N–H and O–H groups in total. The molecule has 0 radical (unpaired) electrons. The van der Waals surface area contributed by atoms with E-state index in [2.05, 4.69) is 203 Å². The van der Waals surface area contributed by atoms with Crippen LogP contribution in [0.5, 0.6) is 51.7 Å². The molecule has 3 aromatic heterocycles. The number of alkyl halides is 5. The summed E-state index contributed by atoms with van der Waals surface area (Å²) >= 11 is 20.1. The number of quaternary nitrogens is 1. The van der Waals surface area contributed by atoms with Crippen LogP contribution >= 0.6 is 50.7 Å². The first-order valence-corrected chi connectivity index (χ1v) is 50.5. The number of carbonyl (C=O) groups is 1. The van der Waals surface area contributed by atoms with Crippen LogP contribution in [0.3, 0.4) is 0 Å². The fourth-order valence-electron chi connectivity index (χ4n) is 16.8. The number of piperidine rings is 1. The number of nitrogens with zero attached hydrogens (tertiary/aromatic N) is 3. The van der Waals surface area contributed by atoms with Crippen LogP contribution in [0.15, 0.2) is 370 Å². The van der Waals surface area contributed by atoms with Gasteiger partial charge in [-0.25, -0.2) is 0 Å². The zero-order valence-electron chi connectivity index (χ0n) is 85.2. The third kappa shape index (κ3) is 33.9. The second kappa shape index (κ2) is 59.0. The van der Waals surface area contributed by atoms with E-state index in [1.165, 1.54) is 98.8 Å². The van der Waals surface area contributed by atoms with E-state index in [0.717, 1.165) is 120 Å². The minimum Gasteiger partial charge on any atom is -1.00 e. The van der Waals surface area contributed by atoms with Gasteiger partial charge < -0.3 is 77.1 Å². The number of aromatic amines is 1. The van der Waals surface area contributed by atoms with Gasteiger partial charge in [-0.3, -0.25) is 14.1 Å². The number of H-pyrrole nitrogens is 1. The molecule has 0 amide bonds. The predicted molar refractivity (Wildman–Crippen MR) is 590 cm³/mol. The van der Waals surface area contributed by atoms with Gasteiger partial charge in [0.05, 0.1) is 36.5 Å². The Kier molecular flexibility index (Phi) is 45.2. The van der Waals surface area contributed by atoms with Gasteiger partial charge in [-0.1, -0.05) is 252 Å². The summed E-state index contributed by atoms with van der Waals surface area (Å²) in [7, 11) is -1.00. The molecule has 22 heteroatoms. The summed E-state index contributed by atoms with van der Waals surface area (Å²) < 4.78 is 60.6. The van der Waals surface area contributed by atoms with Crippen molar-refractivity contribution in [2.75, 3.05) is 58.4 Å². The number of carbonyl (C=O) groups excluding carboxylic acids is 1. The number of aromatic hydroxyl groups is 2. The monoisotopic (exact) mass is 2090 g/mol. The minimum atomic E-state index is -1.00. The maximum atomic E-state index is 11.9. The van der Waals surface area contributed by atoms with Crippen LogP contribution in [-0.4, -0.2) is 98.2 Å². The number of ketones is 1. The van der Waals surface area contributed by atoms with Crippen molar-refractivity contribution >= 4 is 94.9 Å². The molecule has 0 bridgehead atoms. The fraction of sp³-hybridized carbons (Fsp3) is 0.211. The summed E-state index contributed by atoms with van der Waals surface area (Å²) in [5.41, 5.74) is 29.8. The second-order valence-corrected chi connectivity index (χ2v) is 37.2. The van der Waals surface area contributed by atoms with Crippen molar-refractivity contribution in [3.05, 3.63) is 442 Å². The number of Topliss-reactive ketones (excluding diaryl/α,β-unsaturated/α-hetero) is 1. The van der Waals surface area contributed by atoms with Crippen molar-refractivity contribution in [3.8, 4) is 85.5 Å². The first-order chi connectivity index (χ1) is 70.2. The maximum absolute atomic E-state index is 11.9. The largest absolute Gasteiger partial charge is 1.00 e. The molecule has 1 unspecified atom stereocenters. The molecule has 0 saturated carbocycles. The summed E-state index contributed by atoms with van der Waals surface area (Å²) in [6.45, 7) is 21.3. The third-order valence-electron chi connectivity index (χ3n) is 24.2. The maximum Gasteiger partial charge on any atom is 1.00 e. The number of aromatic nitrogens is 3. The summed E-state index contributed by atoms with van der Waals surface area (Å²) in [6, 6.07) is 123. The van der Waals surface area contributed by atoms with Crippen molar-refractivity contribution in [3.63, 3.8) is 0 Å². The molecule has 746 valence electrons. The Morgan fingerprint density at radius 2 is 0.800 bits per heavy atom. The number of aryl methyl sites for hydroxylation is 5. The van der Waals surface area contributed by atoms with E-state index in [0.29, 0.717) is 81.7 Å². The predicted octanol–water partition coefficient (Wildman–Crippen LogP) is 24.3.